The van der Waals surface area contributed by atoms with E-state index < -0.39 is 0 Å². The summed E-state index contributed by atoms with van der Waals surface area (Å²) in [7, 11) is 1.96. The van der Waals surface area contributed by atoms with Gasteiger partial charge >= 0.3 is 0 Å². The van der Waals surface area contributed by atoms with Gasteiger partial charge in [-0.1, -0.05) is 13.8 Å². The highest BCUT2D eigenvalue weighted by molar-refractivity contribution is 7.99. The van der Waals surface area contributed by atoms with Gasteiger partial charge in [-0.15, -0.1) is 0 Å². The molecular weight excluding hydrogens is 232 g/mol. The van der Waals surface area contributed by atoms with Crippen LogP contribution in [0.25, 0.3) is 0 Å². The second-order valence-electron chi connectivity index (χ2n) is 4.98. The maximum atomic E-state index is 6.17. The Bertz CT molecular complexity index is 380. The zero-order valence-corrected chi connectivity index (χ0v) is 11.7. The van der Waals surface area contributed by atoms with E-state index >= 15 is 0 Å². The Morgan fingerprint density at radius 3 is 2.82 bits per heavy atom. The van der Waals surface area contributed by atoms with E-state index in [1.165, 1.54) is 24.3 Å². The lowest BCUT2D eigenvalue weighted by atomic mass is 10.1. The molecule has 0 saturated carbocycles. The second-order valence-corrected chi connectivity index (χ2v) is 6.13. The molecule has 1 fully saturated rings. The van der Waals surface area contributed by atoms with Crippen molar-refractivity contribution in [2.45, 2.75) is 38.6 Å². The average molecular weight is 254 g/mol. The highest BCUT2D eigenvalue weighted by Gasteiger charge is 2.20. The minimum atomic E-state index is 0.373. The van der Waals surface area contributed by atoms with Crippen LogP contribution in [0, 0.1) is 0 Å². The van der Waals surface area contributed by atoms with Gasteiger partial charge in [-0.3, -0.25) is 4.68 Å². The van der Waals surface area contributed by atoms with E-state index in [1.807, 2.05) is 23.5 Å². The molecule has 1 aromatic heterocycles. The van der Waals surface area contributed by atoms with Gasteiger partial charge in [-0.2, -0.15) is 16.9 Å². The smallest absolute Gasteiger partial charge is 0.148 e. The summed E-state index contributed by atoms with van der Waals surface area (Å²) in [4.78, 5) is 0. The van der Waals surface area contributed by atoms with Crippen LogP contribution in [0.2, 0.25) is 0 Å². The summed E-state index contributed by atoms with van der Waals surface area (Å²) in [5, 5.41) is 8.04. The summed E-state index contributed by atoms with van der Waals surface area (Å²) in [6.45, 7) is 4.25. The zero-order chi connectivity index (χ0) is 12.4. The van der Waals surface area contributed by atoms with E-state index in [4.69, 9.17) is 5.73 Å². The SMILES string of the molecule is CC(C)c1nn(C)c(NC2CCCSC2)c1N. The fourth-order valence-corrected chi connectivity index (χ4v) is 3.28. The Morgan fingerprint density at radius 2 is 2.29 bits per heavy atom. The molecule has 1 aromatic rings. The molecule has 0 amide bonds. The number of anilines is 2. The molecule has 1 unspecified atom stereocenters. The standard InChI is InChI=1S/C12H22N4S/c1-8(2)11-10(13)12(16(3)15-11)14-9-5-4-6-17-7-9/h8-9,14H,4-7,13H2,1-3H3. The number of aryl methyl sites for hydroxylation is 1. The number of nitrogens with one attached hydrogen (secondary N) is 1. The molecule has 1 aliphatic heterocycles. The number of nitrogens with two attached hydrogens (primary N) is 1. The minimum Gasteiger partial charge on any atom is -0.394 e. The number of nitrogen functional groups attached to an aromatic ring is 1. The lowest BCUT2D eigenvalue weighted by molar-refractivity contribution is 0.663. The molecule has 17 heavy (non-hydrogen) atoms. The van der Waals surface area contributed by atoms with E-state index in [-0.39, 0.29) is 0 Å². The van der Waals surface area contributed by atoms with Gasteiger partial charge < -0.3 is 11.1 Å². The number of aromatic nitrogens is 2. The van der Waals surface area contributed by atoms with Crippen LogP contribution >= 0.6 is 11.8 Å². The van der Waals surface area contributed by atoms with Crippen molar-refractivity contribution in [1.82, 2.24) is 9.78 Å². The normalized spacial score (nSPS) is 20.8. The number of hydrogen-bond donors (Lipinski definition) is 2. The van der Waals surface area contributed by atoms with Crippen molar-refractivity contribution in [2.75, 3.05) is 22.6 Å². The maximum absolute atomic E-state index is 6.17. The highest BCUT2D eigenvalue weighted by Crippen LogP contribution is 2.29. The van der Waals surface area contributed by atoms with Gasteiger partial charge in [-0.25, -0.2) is 0 Å². The van der Waals surface area contributed by atoms with Gasteiger partial charge in [0.25, 0.3) is 0 Å². The largest absolute Gasteiger partial charge is 0.394 e. The number of nitrogens with zero attached hydrogens (tertiary/aromatic N) is 2. The third kappa shape index (κ3) is 2.70. The van der Waals surface area contributed by atoms with E-state index in [0.717, 1.165) is 17.2 Å². The number of thioether (sulfide) groups is 1. The van der Waals surface area contributed by atoms with E-state index in [9.17, 15) is 0 Å². The van der Waals surface area contributed by atoms with Crippen LogP contribution in [-0.2, 0) is 7.05 Å². The van der Waals surface area contributed by atoms with Gasteiger partial charge in [0, 0.05) is 18.8 Å². The van der Waals surface area contributed by atoms with E-state index in [1.54, 1.807) is 0 Å². The first-order valence-corrected chi connectivity index (χ1v) is 7.41. The van der Waals surface area contributed by atoms with Gasteiger partial charge in [-0.05, 0) is 24.5 Å². The van der Waals surface area contributed by atoms with Gasteiger partial charge in [0.05, 0.1) is 11.4 Å². The molecule has 1 atom stereocenters. The third-order valence-corrected chi connectivity index (χ3v) is 4.38. The Hall–Kier alpha value is -0.840. The monoisotopic (exact) mass is 254 g/mol. The molecule has 1 saturated heterocycles. The molecular formula is C12H22N4S. The molecule has 3 N–H and O–H groups in total. The Balaban J connectivity index is 2.14. The van der Waals surface area contributed by atoms with Crippen LogP contribution < -0.4 is 11.1 Å². The molecule has 0 aromatic carbocycles. The van der Waals surface area contributed by atoms with Crippen LogP contribution in [0.15, 0.2) is 0 Å². The van der Waals surface area contributed by atoms with Gasteiger partial charge in [0.2, 0.25) is 0 Å². The van der Waals surface area contributed by atoms with E-state index in [0.29, 0.717) is 12.0 Å². The molecule has 1 aliphatic rings. The molecule has 0 aliphatic carbocycles. The van der Waals surface area contributed by atoms with Gasteiger partial charge in [0.1, 0.15) is 5.82 Å². The van der Waals surface area contributed by atoms with Crippen LogP contribution in [0.5, 0.6) is 0 Å². The van der Waals surface area contributed by atoms with Crippen LogP contribution in [0.3, 0.4) is 0 Å². The summed E-state index contributed by atoms with van der Waals surface area (Å²) in [6, 6.07) is 0.534. The fraction of sp³-hybridized carbons (Fsp3) is 0.750. The minimum absolute atomic E-state index is 0.373. The summed E-state index contributed by atoms with van der Waals surface area (Å²) in [5.41, 5.74) is 7.99. The molecule has 2 heterocycles. The lowest BCUT2D eigenvalue weighted by Crippen LogP contribution is -2.27. The molecule has 5 heteroatoms. The number of hydrogen-bond acceptors (Lipinski definition) is 4. The topological polar surface area (TPSA) is 55.9 Å². The first-order chi connectivity index (χ1) is 8.09. The molecule has 96 valence electrons. The predicted molar refractivity (Wildman–Crippen MR) is 75.7 cm³/mol. The van der Waals surface area contributed by atoms with Crippen molar-refractivity contribution in [2.24, 2.45) is 7.05 Å². The van der Waals surface area contributed by atoms with Crippen molar-refractivity contribution in [3.63, 3.8) is 0 Å². The first kappa shape index (κ1) is 12.6. The van der Waals surface area contributed by atoms with Crippen molar-refractivity contribution in [1.29, 1.82) is 0 Å². The molecule has 0 spiro atoms. The van der Waals surface area contributed by atoms with Crippen LogP contribution in [0.4, 0.5) is 11.5 Å². The van der Waals surface area contributed by atoms with Crippen molar-refractivity contribution < 1.29 is 0 Å². The van der Waals surface area contributed by atoms with Crippen LogP contribution in [0.1, 0.15) is 38.3 Å². The molecule has 2 rings (SSSR count). The Morgan fingerprint density at radius 1 is 1.53 bits per heavy atom. The van der Waals surface area contributed by atoms with Crippen molar-refractivity contribution in [3.8, 4) is 0 Å². The van der Waals surface area contributed by atoms with E-state index in [2.05, 4.69) is 24.3 Å². The zero-order valence-electron chi connectivity index (χ0n) is 10.9. The summed E-state index contributed by atoms with van der Waals surface area (Å²) < 4.78 is 1.88. The summed E-state index contributed by atoms with van der Waals surface area (Å²) >= 11 is 2.01. The summed E-state index contributed by atoms with van der Waals surface area (Å²) in [6.07, 6.45) is 2.52. The second kappa shape index (κ2) is 5.21. The van der Waals surface area contributed by atoms with Crippen LogP contribution in [-0.4, -0.2) is 27.3 Å². The summed E-state index contributed by atoms with van der Waals surface area (Å²) in [5.74, 6) is 3.82. The lowest BCUT2D eigenvalue weighted by Gasteiger charge is -2.23. The quantitative estimate of drug-likeness (QED) is 0.870. The Labute approximate surface area is 107 Å². The first-order valence-electron chi connectivity index (χ1n) is 6.26. The van der Waals surface area contributed by atoms with Crippen molar-refractivity contribution >= 4 is 23.3 Å². The van der Waals surface area contributed by atoms with Gasteiger partial charge in [0.15, 0.2) is 0 Å². The Kier molecular flexibility index (Phi) is 3.86. The fourth-order valence-electron chi connectivity index (χ4n) is 2.21. The number of rotatable bonds is 3. The maximum Gasteiger partial charge on any atom is 0.148 e. The third-order valence-electron chi connectivity index (χ3n) is 3.16. The highest BCUT2D eigenvalue weighted by atomic mass is 32.2. The molecule has 4 nitrogen and oxygen atoms in total. The molecule has 0 bridgehead atoms. The predicted octanol–water partition coefficient (Wildman–Crippen LogP) is 2.43. The molecule has 0 radical (unpaired) electrons. The van der Waals surface area contributed by atoms with Crippen molar-refractivity contribution in [3.05, 3.63) is 5.69 Å². The average Bonchev–Trinajstić information content (AvgIpc) is 2.58.